The summed E-state index contributed by atoms with van der Waals surface area (Å²) in [5.74, 6) is -0.117. The molecule has 1 aliphatic heterocycles. The molecule has 1 fully saturated rings. The van der Waals surface area contributed by atoms with Gasteiger partial charge in [0, 0.05) is 31.4 Å². The Balaban J connectivity index is 1.47. The van der Waals surface area contributed by atoms with Crippen molar-refractivity contribution in [2.45, 2.75) is 31.9 Å². The van der Waals surface area contributed by atoms with Gasteiger partial charge < -0.3 is 10.2 Å². The molecule has 28 heavy (non-hydrogen) atoms. The summed E-state index contributed by atoms with van der Waals surface area (Å²) in [5.41, 5.74) is 0.0918. The van der Waals surface area contributed by atoms with Gasteiger partial charge in [0.2, 0.25) is 5.91 Å². The number of carbonyl (C=O) groups is 2. The molecule has 0 bridgehead atoms. The topological polar surface area (TPSA) is 78.1 Å². The molecule has 2 amide bonds. The first kappa shape index (κ1) is 19.9. The number of alkyl halides is 3. The number of hydrogen-bond acceptors (Lipinski definition) is 3. The molecule has 1 aromatic carbocycles. The average molecular weight is 394 g/mol. The van der Waals surface area contributed by atoms with Crippen molar-refractivity contribution in [3.8, 4) is 0 Å². The molecule has 2 heterocycles. The lowest BCUT2D eigenvalue weighted by Crippen LogP contribution is -2.40. The molecule has 0 radical (unpaired) electrons. The molecule has 0 aliphatic carbocycles. The van der Waals surface area contributed by atoms with E-state index in [0.29, 0.717) is 30.8 Å². The number of benzene rings is 1. The van der Waals surface area contributed by atoms with Crippen LogP contribution in [-0.4, -0.2) is 40.0 Å². The van der Waals surface area contributed by atoms with Gasteiger partial charge in [-0.2, -0.15) is 18.3 Å². The summed E-state index contributed by atoms with van der Waals surface area (Å²) in [7, 11) is 0. The molecule has 2 N–H and O–H groups in total. The van der Waals surface area contributed by atoms with Gasteiger partial charge in [0.25, 0.3) is 5.91 Å². The van der Waals surface area contributed by atoms with Gasteiger partial charge in [0.1, 0.15) is 0 Å². The van der Waals surface area contributed by atoms with Gasteiger partial charge in [0.05, 0.1) is 17.3 Å². The lowest BCUT2D eigenvalue weighted by atomic mass is 9.93. The Labute approximate surface area is 160 Å². The van der Waals surface area contributed by atoms with Crippen molar-refractivity contribution in [3.05, 3.63) is 47.8 Å². The van der Waals surface area contributed by atoms with Crippen LogP contribution >= 0.6 is 0 Å². The summed E-state index contributed by atoms with van der Waals surface area (Å²) in [6.07, 6.45) is 1.31. The number of hydrogen-bond donors (Lipinski definition) is 2. The van der Waals surface area contributed by atoms with Crippen LogP contribution in [0.5, 0.6) is 0 Å². The maximum atomic E-state index is 12.6. The molecule has 1 aliphatic rings. The number of aromatic nitrogens is 2. The van der Waals surface area contributed by atoms with Crippen LogP contribution in [0.25, 0.3) is 0 Å². The second-order valence-corrected chi connectivity index (χ2v) is 6.91. The quantitative estimate of drug-likeness (QED) is 0.812. The van der Waals surface area contributed by atoms with Gasteiger partial charge in [-0.1, -0.05) is 0 Å². The summed E-state index contributed by atoms with van der Waals surface area (Å²) < 4.78 is 37.7. The fourth-order valence-corrected chi connectivity index (χ4v) is 3.34. The fraction of sp³-hybridized carbons (Fsp3) is 0.421. The van der Waals surface area contributed by atoms with Crippen LogP contribution in [0.3, 0.4) is 0 Å². The van der Waals surface area contributed by atoms with Gasteiger partial charge in [-0.15, -0.1) is 0 Å². The van der Waals surface area contributed by atoms with Crippen molar-refractivity contribution in [2.24, 2.45) is 5.92 Å². The van der Waals surface area contributed by atoms with Crippen molar-refractivity contribution in [1.29, 1.82) is 0 Å². The van der Waals surface area contributed by atoms with E-state index in [2.05, 4.69) is 15.5 Å². The number of anilines is 1. The van der Waals surface area contributed by atoms with Crippen LogP contribution < -0.4 is 5.32 Å². The molecule has 0 spiro atoms. The summed E-state index contributed by atoms with van der Waals surface area (Å²) in [6, 6.07) is 4.37. The third-order valence-electron chi connectivity index (χ3n) is 4.83. The minimum Gasteiger partial charge on any atom is -0.338 e. The Kier molecular flexibility index (Phi) is 6.01. The van der Waals surface area contributed by atoms with E-state index in [1.807, 2.05) is 0 Å². The first-order chi connectivity index (χ1) is 13.3. The third kappa shape index (κ3) is 5.11. The van der Waals surface area contributed by atoms with E-state index >= 15 is 0 Å². The number of piperidine rings is 1. The van der Waals surface area contributed by atoms with Crippen molar-refractivity contribution in [2.75, 3.05) is 18.4 Å². The Morgan fingerprint density at radius 2 is 2.00 bits per heavy atom. The van der Waals surface area contributed by atoms with Crippen molar-refractivity contribution in [1.82, 2.24) is 15.1 Å². The van der Waals surface area contributed by atoms with Gasteiger partial charge in [-0.3, -0.25) is 14.7 Å². The molecule has 9 heteroatoms. The van der Waals surface area contributed by atoms with Crippen LogP contribution in [0, 0.1) is 5.92 Å². The Bertz CT molecular complexity index is 804. The van der Waals surface area contributed by atoms with Crippen LogP contribution in [0.1, 0.15) is 41.6 Å². The summed E-state index contributed by atoms with van der Waals surface area (Å²) in [4.78, 5) is 26.3. The van der Waals surface area contributed by atoms with Gasteiger partial charge in [-0.05, 0) is 49.4 Å². The first-order valence-corrected chi connectivity index (χ1v) is 9.08. The summed E-state index contributed by atoms with van der Waals surface area (Å²) in [6.45, 7) is 1.26. The first-order valence-electron chi connectivity index (χ1n) is 9.08. The van der Waals surface area contributed by atoms with Crippen molar-refractivity contribution < 1.29 is 22.8 Å². The van der Waals surface area contributed by atoms with E-state index in [-0.39, 0.29) is 24.2 Å². The zero-order valence-electron chi connectivity index (χ0n) is 15.1. The lowest BCUT2D eigenvalue weighted by Gasteiger charge is -2.32. The predicted octanol–water partition coefficient (Wildman–Crippen LogP) is 3.70. The van der Waals surface area contributed by atoms with E-state index in [4.69, 9.17) is 0 Å². The predicted molar refractivity (Wildman–Crippen MR) is 96.5 cm³/mol. The van der Waals surface area contributed by atoms with Crippen LogP contribution in [-0.2, 0) is 11.0 Å². The number of H-pyrrole nitrogens is 1. The monoisotopic (exact) mass is 394 g/mol. The molecule has 1 atom stereocenters. The minimum atomic E-state index is -4.40. The molecule has 3 rings (SSSR count). The number of nitrogens with one attached hydrogen (secondary N) is 2. The highest BCUT2D eigenvalue weighted by molar-refractivity contribution is 5.93. The zero-order valence-corrected chi connectivity index (χ0v) is 15.1. The minimum absolute atomic E-state index is 0.0762. The number of halogens is 3. The number of amides is 2. The molecule has 0 saturated carbocycles. The van der Waals surface area contributed by atoms with E-state index in [1.165, 1.54) is 18.3 Å². The smallest absolute Gasteiger partial charge is 0.338 e. The molecule has 1 saturated heterocycles. The average Bonchev–Trinajstić information content (AvgIpc) is 3.20. The van der Waals surface area contributed by atoms with E-state index in [9.17, 15) is 22.8 Å². The molecular formula is C19H21F3N4O2. The highest BCUT2D eigenvalue weighted by atomic mass is 19.4. The Morgan fingerprint density at radius 3 is 2.64 bits per heavy atom. The standard InChI is InChI=1S/C19H21F3N4O2/c20-19(21,22)15-4-6-16(7-5-15)25-17(27)8-3-13-2-1-9-26(12-13)18(28)14-10-23-24-11-14/h4-7,10-11,13H,1-3,8-9,12H2,(H,23,24)(H,25,27). The molecule has 1 unspecified atom stereocenters. The van der Waals surface area contributed by atoms with Crippen LogP contribution in [0.15, 0.2) is 36.7 Å². The fourth-order valence-electron chi connectivity index (χ4n) is 3.34. The van der Waals surface area contributed by atoms with Crippen molar-refractivity contribution in [3.63, 3.8) is 0 Å². The number of aromatic amines is 1. The van der Waals surface area contributed by atoms with Gasteiger partial charge >= 0.3 is 6.18 Å². The molecular weight excluding hydrogens is 373 g/mol. The number of nitrogens with zero attached hydrogens (tertiary/aromatic N) is 2. The van der Waals surface area contributed by atoms with Crippen molar-refractivity contribution >= 4 is 17.5 Å². The third-order valence-corrected chi connectivity index (χ3v) is 4.83. The maximum absolute atomic E-state index is 12.6. The summed E-state index contributed by atoms with van der Waals surface area (Å²) >= 11 is 0. The SMILES string of the molecule is O=C(CCC1CCCN(C(=O)c2cn[nH]c2)C1)Nc1ccc(C(F)(F)F)cc1. The number of likely N-dealkylation sites (tertiary alicyclic amines) is 1. The normalized spacial score (nSPS) is 17.4. The zero-order chi connectivity index (χ0) is 20.1. The largest absolute Gasteiger partial charge is 0.416 e. The van der Waals surface area contributed by atoms with Crippen LogP contribution in [0.4, 0.5) is 18.9 Å². The van der Waals surface area contributed by atoms with Crippen LogP contribution in [0.2, 0.25) is 0 Å². The van der Waals surface area contributed by atoms with E-state index in [1.54, 1.807) is 11.1 Å². The molecule has 2 aromatic rings. The summed E-state index contributed by atoms with van der Waals surface area (Å²) in [5, 5.41) is 9.03. The number of rotatable bonds is 5. The Hall–Kier alpha value is -2.84. The van der Waals surface area contributed by atoms with E-state index < -0.39 is 11.7 Å². The molecule has 6 nitrogen and oxygen atoms in total. The second kappa shape index (κ2) is 8.45. The van der Waals surface area contributed by atoms with E-state index in [0.717, 1.165) is 25.0 Å². The maximum Gasteiger partial charge on any atom is 0.416 e. The Morgan fingerprint density at radius 1 is 1.25 bits per heavy atom. The highest BCUT2D eigenvalue weighted by Crippen LogP contribution is 2.30. The lowest BCUT2D eigenvalue weighted by molar-refractivity contribution is -0.137. The molecule has 150 valence electrons. The van der Waals surface area contributed by atoms with Gasteiger partial charge in [0.15, 0.2) is 0 Å². The molecule has 1 aromatic heterocycles. The number of carbonyl (C=O) groups excluding carboxylic acids is 2. The highest BCUT2D eigenvalue weighted by Gasteiger charge is 2.30. The second-order valence-electron chi connectivity index (χ2n) is 6.91. The van der Waals surface area contributed by atoms with Gasteiger partial charge in [-0.25, -0.2) is 0 Å².